The number of ether oxygens (including phenoxy) is 3. The van der Waals surface area contributed by atoms with Gasteiger partial charge in [-0.3, -0.25) is 59.8 Å². The second kappa shape index (κ2) is 32.6. The largest absolute Gasteiger partial charge is 0.373 e. The van der Waals surface area contributed by atoms with Gasteiger partial charge in [-0.1, -0.05) is 59.7 Å². The van der Waals surface area contributed by atoms with Crippen molar-refractivity contribution in [2.75, 3.05) is 54.5 Å². The van der Waals surface area contributed by atoms with Gasteiger partial charge in [0, 0.05) is 110 Å². The summed E-state index contributed by atoms with van der Waals surface area (Å²) in [5.41, 5.74) is 24.9. The predicted octanol–water partition coefficient (Wildman–Crippen LogP) is 17.3. The monoisotopic (exact) mass is 1600 g/mol. The van der Waals surface area contributed by atoms with Crippen LogP contribution in [0.3, 0.4) is 0 Å². The van der Waals surface area contributed by atoms with E-state index in [0.29, 0.717) is 75.4 Å². The minimum absolute atomic E-state index is 0.110. The molecule has 3 saturated heterocycles. The second-order valence-corrected chi connectivity index (χ2v) is 40.0. The van der Waals surface area contributed by atoms with Gasteiger partial charge >= 0.3 is 0 Å². The Bertz CT molecular complexity index is 5160. The lowest BCUT2D eigenvalue weighted by molar-refractivity contribution is -0.0499. The van der Waals surface area contributed by atoms with Crippen LogP contribution in [0.25, 0.3) is 0 Å². The van der Waals surface area contributed by atoms with E-state index in [1.54, 1.807) is 36.8 Å². The number of fused-ring (bicyclic) bond motifs is 3. The molecule has 6 aliphatic heterocycles. The van der Waals surface area contributed by atoms with Crippen LogP contribution in [0.2, 0.25) is 0 Å². The van der Waals surface area contributed by atoms with Gasteiger partial charge in [0.2, 0.25) is 0 Å². The molecule has 0 aliphatic carbocycles. The van der Waals surface area contributed by atoms with Crippen molar-refractivity contribution in [3.63, 3.8) is 0 Å². The average Bonchev–Trinajstić information content (AvgIpc) is 1.67. The molecule has 600 valence electrons. The molecule has 0 bridgehead atoms. The third-order valence-electron chi connectivity index (χ3n) is 21.8. The van der Waals surface area contributed by atoms with Gasteiger partial charge in [0.15, 0.2) is 29.5 Å². The molecule has 24 nitrogen and oxygen atoms in total. The van der Waals surface area contributed by atoms with Crippen LogP contribution in [-0.2, 0) is 82.2 Å². The first-order valence-corrected chi connectivity index (χ1v) is 44.6. The molecule has 0 amide bonds. The van der Waals surface area contributed by atoms with Gasteiger partial charge in [0.1, 0.15) is 17.1 Å². The lowest BCUT2D eigenvalue weighted by Crippen LogP contribution is -2.27. The summed E-state index contributed by atoms with van der Waals surface area (Å²) in [4.78, 5) is 56.7. The highest BCUT2D eigenvalue weighted by Crippen LogP contribution is 2.46. The first kappa shape index (κ1) is 82.5. The summed E-state index contributed by atoms with van der Waals surface area (Å²) in [6.07, 6.45) is 17.9. The van der Waals surface area contributed by atoms with E-state index in [9.17, 15) is 25.3 Å². The van der Waals surface area contributed by atoms with Crippen LogP contribution >= 0.6 is 0 Å². The number of aliphatic imine (C=N–C) groups is 3. The number of hydrogen-bond acceptors (Lipinski definition) is 24. The molecule has 6 aromatic heterocycles. The number of sulfone groups is 3. The Hall–Kier alpha value is -9.51. The fraction of sp³-hybridized carbons (Fsp3) is 0.448. The van der Waals surface area contributed by atoms with Crippen molar-refractivity contribution in [3.05, 3.63) is 193 Å². The molecule has 3 aromatic carbocycles. The van der Waals surface area contributed by atoms with Crippen LogP contribution in [0, 0.1) is 57.8 Å². The van der Waals surface area contributed by atoms with Crippen molar-refractivity contribution in [1.29, 1.82) is 0 Å². The van der Waals surface area contributed by atoms with Gasteiger partial charge in [-0.15, -0.1) is 0 Å². The maximum Gasteiger partial charge on any atom is 0.177 e. The van der Waals surface area contributed by atoms with E-state index >= 15 is 0 Å². The Morgan fingerprint density at radius 1 is 0.351 bits per heavy atom. The summed E-state index contributed by atoms with van der Waals surface area (Å²) >= 11 is 0. The van der Waals surface area contributed by atoms with Crippen LogP contribution in [0.4, 0.5) is 51.2 Å². The molecule has 3 fully saturated rings. The smallest absolute Gasteiger partial charge is 0.177 e. The van der Waals surface area contributed by atoms with E-state index < -0.39 is 29.5 Å². The van der Waals surface area contributed by atoms with Crippen LogP contribution in [0.1, 0.15) is 221 Å². The van der Waals surface area contributed by atoms with E-state index in [1.807, 2.05) is 117 Å². The van der Waals surface area contributed by atoms with Crippen LogP contribution < -0.4 is 16.0 Å². The molecule has 0 saturated carbocycles. The number of nitrogens with one attached hydrogen (secondary N) is 3. The zero-order valence-electron chi connectivity index (χ0n) is 68.8. The zero-order chi connectivity index (χ0) is 81.7. The van der Waals surface area contributed by atoms with Crippen molar-refractivity contribution >= 4 is 97.8 Å². The molecule has 6 aliphatic rings. The van der Waals surface area contributed by atoms with E-state index in [4.69, 9.17) is 44.1 Å². The van der Waals surface area contributed by atoms with E-state index in [2.05, 4.69) is 87.4 Å². The Morgan fingerprint density at radius 2 is 0.614 bits per heavy atom. The molecular weight excluding hydrogens is 1500 g/mol. The normalized spacial score (nSPS) is 18.7. The van der Waals surface area contributed by atoms with E-state index in [-0.39, 0.29) is 49.2 Å². The molecular formula is C87H105N15O9S3. The summed E-state index contributed by atoms with van der Waals surface area (Å²) < 4.78 is 95.7. The number of benzene rings is 3. The van der Waals surface area contributed by atoms with Crippen molar-refractivity contribution in [2.24, 2.45) is 31.2 Å². The number of pyridine rings is 3. The summed E-state index contributed by atoms with van der Waals surface area (Å²) in [6, 6.07) is 22.4. The molecule has 12 heterocycles. The zero-order valence-corrected chi connectivity index (χ0v) is 71.2. The number of hydrogen-bond donors (Lipinski definition) is 3. The van der Waals surface area contributed by atoms with Crippen LogP contribution in [0.15, 0.2) is 121 Å². The SMILES string of the molecule is CC1=Nc2c(Nc3ccc(C4CCC(C)(C)CO4)cc3S(C)(=O)=O)cc(Cc3cnc(C)c(C)n3)nc2C1.CC1=Nc2c(Nc3ccc([C@@H]4CCC(C)(C)CO4)cc3S(C)(=O)=O)cc(Cc3cnc(C)c(C)n3)nc2C1.CC1=Nc2c(Nc3ccc([C@H]4CCC(C)(C)CO4)cc3S(C)(=O)=O)cc(Cc3cnc(C)c(C)n3)nc2C1. The topological polar surface area (TPSA) is 319 Å². The minimum Gasteiger partial charge on any atom is -0.373 e. The molecule has 15 rings (SSSR count). The maximum atomic E-state index is 12.9. The first-order valence-electron chi connectivity index (χ1n) is 38.9. The van der Waals surface area contributed by atoms with E-state index in [1.165, 1.54) is 18.8 Å². The predicted molar refractivity (Wildman–Crippen MR) is 449 cm³/mol. The molecule has 1 unspecified atom stereocenters. The Balaban J connectivity index is 0.000000149. The third kappa shape index (κ3) is 19.9. The average molecular weight is 1600 g/mol. The van der Waals surface area contributed by atoms with Crippen LogP contribution in [0.5, 0.6) is 0 Å². The summed E-state index contributed by atoms with van der Waals surface area (Å²) in [6.45, 7) is 32.7. The molecule has 114 heavy (non-hydrogen) atoms. The summed E-state index contributed by atoms with van der Waals surface area (Å²) in [7, 11) is -10.6. The van der Waals surface area contributed by atoms with Crippen molar-refractivity contribution in [3.8, 4) is 0 Å². The molecule has 27 heteroatoms. The van der Waals surface area contributed by atoms with Crippen molar-refractivity contribution < 1.29 is 39.5 Å². The summed E-state index contributed by atoms with van der Waals surface area (Å²) in [5, 5.41) is 10.2. The number of aromatic nitrogens is 9. The lowest BCUT2D eigenvalue weighted by atomic mass is 9.84. The highest BCUT2D eigenvalue weighted by molar-refractivity contribution is 7.91. The fourth-order valence-corrected chi connectivity index (χ4v) is 17.5. The highest BCUT2D eigenvalue weighted by Gasteiger charge is 2.34. The Morgan fingerprint density at radius 3 is 0.842 bits per heavy atom. The maximum absolute atomic E-state index is 12.9. The molecule has 3 N–H and O–H groups in total. The standard InChI is InChI=1S/3C29H35N5O3S/c3*1-17-11-24-28(31-17)25(14-21(33-24)13-22-15-30-18(2)19(3)32-22)34-23-8-7-20(12-27(23)38(6,35)36)26-9-10-29(4,5)16-37-26/h3*7-8,12,14-15,26H,9-11,13,16H2,1-6H3,(H,33,34)/t2*26-;/m10./s1. The molecule has 0 spiro atoms. The van der Waals surface area contributed by atoms with E-state index in [0.717, 1.165) is 192 Å². The van der Waals surface area contributed by atoms with Gasteiger partial charge in [-0.05, 0) is 188 Å². The van der Waals surface area contributed by atoms with Crippen molar-refractivity contribution in [2.45, 2.75) is 214 Å². The quantitative estimate of drug-likeness (QED) is 0.0718. The van der Waals surface area contributed by atoms with Gasteiger partial charge in [0.25, 0.3) is 0 Å². The molecule has 9 aromatic rings. The lowest BCUT2D eigenvalue weighted by Gasteiger charge is -2.35. The number of anilines is 6. The minimum atomic E-state index is -3.52. The molecule has 0 radical (unpaired) electrons. The van der Waals surface area contributed by atoms with Gasteiger partial charge in [0.05, 0.1) is 155 Å². The number of nitrogens with zero attached hydrogens (tertiary/aromatic N) is 12. The highest BCUT2D eigenvalue weighted by atomic mass is 32.2. The van der Waals surface area contributed by atoms with Crippen LogP contribution in [-0.4, -0.2) is 126 Å². The molecule has 3 atom stereocenters. The van der Waals surface area contributed by atoms with Crippen molar-refractivity contribution in [1.82, 2.24) is 44.9 Å². The number of rotatable bonds is 18. The Kier molecular flexibility index (Phi) is 23.6. The summed E-state index contributed by atoms with van der Waals surface area (Å²) in [5.74, 6) is 0. The third-order valence-corrected chi connectivity index (χ3v) is 25.2. The van der Waals surface area contributed by atoms with Gasteiger partial charge in [-0.25, -0.2) is 25.3 Å². The number of aryl methyl sites for hydroxylation is 6. The second-order valence-electron chi connectivity index (χ2n) is 34.0. The fourth-order valence-electron chi connectivity index (χ4n) is 14.9. The van der Waals surface area contributed by atoms with Gasteiger partial charge < -0.3 is 30.2 Å². The first-order chi connectivity index (χ1) is 53.6. The Labute approximate surface area is 671 Å². The van der Waals surface area contributed by atoms with Gasteiger partial charge in [-0.2, -0.15) is 0 Å².